The van der Waals surface area contributed by atoms with Gasteiger partial charge in [-0.15, -0.1) is 0 Å². The van der Waals surface area contributed by atoms with Crippen molar-refractivity contribution in [3.63, 3.8) is 0 Å². The third-order valence-corrected chi connectivity index (χ3v) is 2.04. The van der Waals surface area contributed by atoms with Gasteiger partial charge in [0.15, 0.2) is 0 Å². The molecule has 0 aromatic carbocycles. The number of pyridine rings is 2. The minimum Gasteiger partial charge on any atom is -0.480 e. The Morgan fingerprint density at radius 3 is 2.93 bits per heavy atom. The zero-order valence-electron chi connectivity index (χ0n) is 7.75. The van der Waals surface area contributed by atoms with Crippen LogP contribution in [0.4, 0.5) is 0 Å². The number of aromatic nitrogens is 2. The molecule has 2 aromatic rings. The number of rotatable bonds is 2. The summed E-state index contributed by atoms with van der Waals surface area (Å²) in [7, 11) is 0. The second-order valence-electron chi connectivity index (χ2n) is 3.07. The highest BCUT2D eigenvalue weighted by Crippen LogP contribution is 2.07. The number of carboxylic acid groups (broad SMARTS) is 1. The number of nitrogens with zero attached hydrogens (tertiary/aromatic N) is 2. The maximum absolute atomic E-state index is 11.4. The first kappa shape index (κ1) is 9.39. The van der Waals surface area contributed by atoms with Gasteiger partial charge >= 0.3 is 5.97 Å². The molecule has 2 heterocycles. The first-order chi connectivity index (χ1) is 7.18. The van der Waals surface area contributed by atoms with Crippen LogP contribution in [-0.4, -0.2) is 20.6 Å². The monoisotopic (exact) mass is 204 g/mol. The molecule has 0 unspecified atom stereocenters. The van der Waals surface area contributed by atoms with Gasteiger partial charge in [0.2, 0.25) is 0 Å². The molecule has 0 amide bonds. The zero-order chi connectivity index (χ0) is 10.8. The van der Waals surface area contributed by atoms with Gasteiger partial charge in [-0.1, -0.05) is 0 Å². The number of carbonyl (C=O) groups is 1. The number of hydrogen-bond donors (Lipinski definition) is 1. The lowest BCUT2D eigenvalue weighted by Crippen LogP contribution is -2.24. The molecule has 0 atom stereocenters. The SMILES string of the molecule is O=C(O)Cn1c(=O)ccc2cccnc21. The highest BCUT2D eigenvalue weighted by atomic mass is 16.4. The molecule has 2 rings (SSSR count). The maximum atomic E-state index is 11.4. The predicted octanol–water partition coefficient (Wildman–Crippen LogP) is 0.481. The Labute approximate surface area is 84.6 Å². The zero-order valence-corrected chi connectivity index (χ0v) is 7.75. The van der Waals surface area contributed by atoms with Crippen molar-refractivity contribution < 1.29 is 9.90 Å². The van der Waals surface area contributed by atoms with E-state index >= 15 is 0 Å². The van der Waals surface area contributed by atoms with Gasteiger partial charge in [-0.2, -0.15) is 0 Å². The number of aliphatic carboxylic acids is 1. The summed E-state index contributed by atoms with van der Waals surface area (Å²) >= 11 is 0. The van der Waals surface area contributed by atoms with E-state index < -0.39 is 5.97 Å². The number of hydrogen-bond acceptors (Lipinski definition) is 3. The molecule has 0 radical (unpaired) electrons. The Balaban J connectivity index is 2.74. The summed E-state index contributed by atoms with van der Waals surface area (Å²) in [4.78, 5) is 26.0. The van der Waals surface area contributed by atoms with Crippen molar-refractivity contribution in [2.75, 3.05) is 0 Å². The Kier molecular flexibility index (Phi) is 2.21. The van der Waals surface area contributed by atoms with E-state index in [2.05, 4.69) is 4.98 Å². The topological polar surface area (TPSA) is 72.2 Å². The van der Waals surface area contributed by atoms with Crippen LogP contribution in [0.1, 0.15) is 0 Å². The third kappa shape index (κ3) is 1.71. The molecule has 5 heteroatoms. The van der Waals surface area contributed by atoms with E-state index in [1.54, 1.807) is 18.2 Å². The molecule has 5 nitrogen and oxygen atoms in total. The largest absolute Gasteiger partial charge is 0.480 e. The molecule has 0 fully saturated rings. The fourth-order valence-electron chi connectivity index (χ4n) is 1.41. The summed E-state index contributed by atoms with van der Waals surface area (Å²) in [5, 5.41) is 9.41. The second kappa shape index (κ2) is 3.53. The average molecular weight is 204 g/mol. The lowest BCUT2D eigenvalue weighted by atomic mass is 10.3. The van der Waals surface area contributed by atoms with E-state index in [9.17, 15) is 9.59 Å². The number of fused-ring (bicyclic) bond motifs is 1. The van der Waals surface area contributed by atoms with Crippen LogP contribution in [-0.2, 0) is 11.3 Å². The van der Waals surface area contributed by atoms with Crippen molar-refractivity contribution in [1.82, 2.24) is 9.55 Å². The lowest BCUT2D eigenvalue weighted by molar-refractivity contribution is -0.137. The maximum Gasteiger partial charge on any atom is 0.323 e. The van der Waals surface area contributed by atoms with E-state index in [-0.39, 0.29) is 12.1 Å². The Morgan fingerprint density at radius 1 is 1.40 bits per heavy atom. The first-order valence-corrected chi connectivity index (χ1v) is 4.35. The van der Waals surface area contributed by atoms with Crippen molar-refractivity contribution in [2.45, 2.75) is 6.54 Å². The number of carboxylic acids is 1. The summed E-state index contributed by atoms with van der Waals surface area (Å²) in [6.07, 6.45) is 1.53. The molecule has 76 valence electrons. The third-order valence-electron chi connectivity index (χ3n) is 2.04. The molecule has 0 saturated carbocycles. The minimum atomic E-state index is -1.06. The van der Waals surface area contributed by atoms with Crippen LogP contribution in [0.3, 0.4) is 0 Å². The summed E-state index contributed by atoms with van der Waals surface area (Å²) in [6.45, 7) is -0.368. The van der Waals surface area contributed by atoms with Crippen LogP contribution in [0.25, 0.3) is 11.0 Å². The quantitative estimate of drug-likeness (QED) is 0.772. The van der Waals surface area contributed by atoms with Crippen molar-refractivity contribution >= 4 is 17.0 Å². The van der Waals surface area contributed by atoms with Gasteiger partial charge in [-0.25, -0.2) is 4.98 Å². The Morgan fingerprint density at radius 2 is 2.20 bits per heavy atom. The molecule has 1 N–H and O–H groups in total. The molecule has 0 saturated heterocycles. The predicted molar refractivity (Wildman–Crippen MR) is 53.6 cm³/mol. The summed E-state index contributed by atoms with van der Waals surface area (Å²) in [5.41, 5.74) is 0.0380. The summed E-state index contributed by atoms with van der Waals surface area (Å²) < 4.78 is 1.14. The summed E-state index contributed by atoms with van der Waals surface area (Å²) in [6, 6.07) is 6.48. The van der Waals surface area contributed by atoms with E-state index in [1.165, 1.54) is 12.3 Å². The summed E-state index contributed by atoms with van der Waals surface area (Å²) in [5.74, 6) is -1.06. The highest BCUT2D eigenvalue weighted by Gasteiger charge is 2.06. The van der Waals surface area contributed by atoms with Gasteiger partial charge in [0.25, 0.3) is 5.56 Å². The van der Waals surface area contributed by atoms with Crippen molar-refractivity contribution in [2.24, 2.45) is 0 Å². The van der Waals surface area contributed by atoms with Crippen LogP contribution >= 0.6 is 0 Å². The molecule has 0 aliphatic rings. The van der Waals surface area contributed by atoms with Crippen LogP contribution in [0.5, 0.6) is 0 Å². The molecule has 15 heavy (non-hydrogen) atoms. The first-order valence-electron chi connectivity index (χ1n) is 4.35. The van der Waals surface area contributed by atoms with Crippen LogP contribution < -0.4 is 5.56 Å². The van der Waals surface area contributed by atoms with E-state index in [1.807, 2.05) is 0 Å². The van der Waals surface area contributed by atoms with E-state index in [0.29, 0.717) is 5.65 Å². The smallest absolute Gasteiger partial charge is 0.323 e. The fraction of sp³-hybridized carbons (Fsp3) is 0.100. The molecular weight excluding hydrogens is 196 g/mol. The van der Waals surface area contributed by atoms with Gasteiger partial charge in [-0.3, -0.25) is 14.2 Å². The van der Waals surface area contributed by atoms with Crippen molar-refractivity contribution in [3.8, 4) is 0 Å². The van der Waals surface area contributed by atoms with E-state index in [0.717, 1.165) is 9.95 Å². The average Bonchev–Trinajstić information content (AvgIpc) is 2.22. The Hall–Kier alpha value is -2.17. The second-order valence-corrected chi connectivity index (χ2v) is 3.07. The standard InChI is InChI=1S/C10H8N2O3/c13-8-4-3-7-2-1-5-11-10(7)12(8)6-9(14)15/h1-5H,6H2,(H,14,15). The normalized spacial score (nSPS) is 10.4. The highest BCUT2D eigenvalue weighted by molar-refractivity contribution is 5.76. The van der Waals surface area contributed by atoms with Crippen LogP contribution in [0, 0.1) is 0 Å². The molecular formula is C10H8N2O3. The van der Waals surface area contributed by atoms with Gasteiger partial charge in [0, 0.05) is 17.6 Å². The van der Waals surface area contributed by atoms with Crippen molar-refractivity contribution in [1.29, 1.82) is 0 Å². The molecule has 0 spiro atoms. The van der Waals surface area contributed by atoms with Gasteiger partial charge in [-0.05, 0) is 18.2 Å². The van der Waals surface area contributed by atoms with Gasteiger partial charge in [0.1, 0.15) is 12.2 Å². The lowest BCUT2D eigenvalue weighted by Gasteiger charge is -2.05. The minimum absolute atomic E-state index is 0.358. The molecule has 0 aliphatic heterocycles. The van der Waals surface area contributed by atoms with Gasteiger partial charge in [0.05, 0.1) is 0 Å². The van der Waals surface area contributed by atoms with Crippen LogP contribution in [0.2, 0.25) is 0 Å². The molecule has 0 bridgehead atoms. The fourth-order valence-corrected chi connectivity index (χ4v) is 1.41. The van der Waals surface area contributed by atoms with E-state index in [4.69, 9.17) is 5.11 Å². The van der Waals surface area contributed by atoms with Crippen molar-refractivity contribution in [3.05, 3.63) is 40.8 Å². The molecule has 0 aliphatic carbocycles. The Bertz CT molecular complexity index is 574. The van der Waals surface area contributed by atoms with Gasteiger partial charge < -0.3 is 5.11 Å². The van der Waals surface area contributed by atoms with Crippen LogP contribution in [0.15, 0.2) is 35.3 Å². The molecule has 2 aromatic heterocycles.